The van der Waals surface area contributed by atoms with Gasteiger partial charge in [0.25, 0.3) is 0 Å². The zero-order valence-corrected chi connectivity index (χ0v) is 20.5. The summed E-state index contributed by atoms with van der Waals surface area (Å²) in [6.45, 7) is 0. The molecule has 0 N–H and O–H groups in total. The highest BCUT2D eigenvalue weighted by Crippen LogP contribution is 2.33. The maximum absolute atomic E-state index is 2.80. The Morgan fingerprint density at radius 3 is 0.767 bits per heavy atom. The summed E-state index contributed by atoms with van der Waals surface area (Å²) in [4.78, 5) is 0. The first-order chi connectivity index (χ1) is 14.7. The third-order valence-corrected chi connectivity index (χ3v) is 6.92. The second kappa shape index (κ2) is 9.98. The molecule has 0 bridgehead atoms. The van der Waals surface area contributed by atoms with Crippen LogP contribution in [0.5, 0.6) is 0 Å². The summed E-state index contributed by atoms with van der Waals surface area (Å²) in [5.41, 5.74) is 11.5. The molecular formula is C27H27P3. The van der Waals surface area contributed by atoms with Crippen LogP contribution in [-0.2, 0) is 18.5 Å². The van der Waals surface area contributed by atoms with Crippen LogP contribution in [-0.4, -0.2) is 0 Å². The Morgan fingerprint density at radius 1 is 0.333 bits per heavy atom. The van der Waals surface area contributed by atoms with E-state index >= 15 is 0 Å². The summed E-state index contributed by atoms with van der Waals surface area (Å²) < 4.78 is 0. The lowest BCUT2D eigenvalue weighted by molar-refractivity contribution is 1.41. The van der Waals surface area contributed by atoms with Crippen molar-refractivity contribution in [1.82, 2.24) is 0 Å². The van der Waals surface area contributed by atoms with Crippen molar-refractivity contribution in [3.8, 4) is 33.4 Å². The summed E-state index contributed by atoms with van der Waals surface area (Å²) in [7, 11) is 8.39. The Kier molecular flexibility index (Phi) is 7.12. The first-order valence-corrected chi connectivity index (χ1v) is 12.7. The van der Waals surface area contributed by atoms with Crippen LogP contribution in [0.25, 0.3) is 33.4 Å². The van der Waals surface area contributed by atoms with E-state index in [1.54, 1.807) is 0 Å². The van der Waals surface area contributed by atoms with Crippen LogP contribution in [0.1, 0.15) is 16.7 Å². The second-order valence-electron chi connectivity index (χ2n) is 7.50. The van der Waals surface area contributed by atoms with Gasteiger partial charge in [-0.2, -0.15) is 0 Å². The van der Waals surface area contributed by atoms with Gasteiger partial charge in [-0.05, 0) is 86.8 Å². The Hall–Kier alpha value is -1.83. The molecule has 0 spiro atoms. The van der Waals surface area contributed by atoms with E-state index in [0.29, 0.717) is 0 Å². The monoisotopic (exact) mass is 444 g/mol. The predicted molar refractivity (Wildman–Crippen MR) is 143 cm³/mol. The topological polar surface area (TPSA) is 0 Å². The zero-order valence-electron chi connectivity index (χ0n) is 17.0. The Labute approximate surface area is 187 Å². The normalized spacial score (nSPS) is 10.9. The number of rotatable bonds is 6. The molecule has 0 aliphatic heterocycles. The number of hydrogen-bond donors (Lipinski definition) is 0. The average molecular weight is 444 g/mol. The van der Waals surface area contributed by atoms with Gasteiger partial charge in [-0.1, -0.05) is 72.8 Å². The van der Waals surface area contributed by atoms with Crippen molar-refractivity contribution in [3.63, 3.8) is 0 Å². The molecule has 150 valence electrons. The van der Waals surface area contributed by atoms with Gasteiger partial charge in [0.05, 0.1) is 0 Å². The van der Waals surface area contributed by atoms with Crippen molar-refractivity contribution in [1.29, 1.82) is 0 Å². The molecule has 4 aromatic rings. The van der Waals surface area contributed by atoms with Gasteiger partial charge in [0.15, 0.2) is 0 Å². The Morgan fingerprint density at radius 2 is 0.567 bits per heavy atom. The minimum absolute atomic E-state index is 0.982. The highest BCUT2D eigenvalue weighted by atomic mass is 31.0. The lowest BCUT2D eigenvalue weighted by Gasteiger charge is -2.12. The molecular weight excluding hydrogens is 417 g/mol. The fraction of sp³-hybridized carbons (Fsp3) is 0.111. The van der Waals surface area contributed by atoms with E-state index in [1.807, 2.05) is 0 Å². The SMILES string of the molecule is PCc1ccc(-c2cc(-c3ccc(CP)cc3)cc(-c3ccc(CP)cc3)c2)cc1. The van der Waals surface area contributed by atoms with Crippen LogP contribution in [0.3, 0.4) is 0 Å². The van der Waals surface area contributed by atoms with Crippen LogP contribution in [0.4, 0.5) is 0 Å². The lowest BCUT2D eigenvalue weighted by atomic mass is 9.92. The molecule has 4 aromatic carbocycles. The third kappa shape index (κ3) is 4.90. The molecule has 3 unspecified atom stereocenters. The van der Waals surface area contributed by atoms with Crippen LogP contribution < -0.4 is 0 Å². The van der Waals surface area contributed by atoms with Gasteiger partial charge in [-0.15, -0.1) is 27.7 Å². The van der Waals surface area contributed by atoms with E-state index in [1.165, 1.54) is 50.1 Å². The minimum Gasteiger partial charge on any atom is -0.133 e. The largest absolute Gasteiger partial charge is 0.133 e. The molecule has 0 heterocycles. The molecule has 0 aliphatic rings. The first kappa shape index (κ1) is 21.4. The van der Waals surface area contributed by atoms with E-state index in [9.17, 15) is 0 Å². The highest BCUT2D eigenvalue weighted by molar-refractivity contribution is 7.15. The van der Waals surface area contributed by atoms with E-state index in [-0.39, 0.29) is 0 Å². The standard InChI is InChI=1S/C27H27P3/c28-16-19-1-7-22(8-2-19)25-13-26(23-9-3-20(17-29)4-10-23)15-27(14-25)24-11-5-21(18-30)6-12-24/h1-15H,16-18,28-30H2. The van der Waals surface area contributed by atoms with Crippen molar-refractivity contribution >= 4 is 27.7 Å². The predicted octanol–water partition coefficient (Wildman–Crippen LogP) is 7.81. The van der Waals surface area contributed by atoms with Gasteiger partial charge < -0.3 is 0 Å². The summed E-state index contributed by atoms with van der Waals surface area (Å²) in [6, 6.07) is 33.6. The molecule has 0 aliphatic carbocycles. The maximum atomic E-state index is 2.80. The molecule has 0 radical (unpaired) electrons. The van der Waals surface area contributed by atoms with E-state index in [4.69, 9.17) is 0 Å². The third-order valence-electron chi connectivity index (χ3n) is 5.50. The van der Waals surface area contributed by atoms with Crippen LogP contribution in [0.15, 0.2) is 91.0 Å². The second-order valence-corrected chi connectivity index (χ2v) is 8.73. The van der Waals surface area contributed by atoms with E-state index < -0.39 is 0 Å². The fourth-order valence-corrected chi connectivity index (χ4v) is 4.44. The summed E-state index contributed by atoms with van der Waals surface area (Å²) in [6.07, 6.45) is 2.95. The van der Waals surface area contributed by atoms with Crippen LogP contribution >= 0.6 is 27.7 Å². The van der Waals surface area contributed by atoms with Gasteiger partial charge in [0, 0.05) is 0 Å². The van der Waals surface area contributed by atoms with Crippen LogP contribution in [0, 0.1) is 0 Å². The lowest BCUT2D eigenvalue weighted by Crippen LogP contribution is -1.88. The van der Waals surface area contributed by atoms with E-state index in [2.05, 4.69) is 119 Å². The van der Waals surface area contributed by atoms with Gasteiger partial charge in [0.2, 0.25) is 0 Å². The fourth-order valence-electron chi connectivity index (χ4n) is 3.63. The quantitative estimate of drug-likeness (QED) is 0.266. The van der Waals surface area contributed by atoms with Crippen molar-refractivity contribution < 1.29 is 0 Å². The molecule has 30 heavy (non-hydrogen) atoms. The van der Waals surface area contributed by atoms with Crippen molar-refractivity contribution in [2.75, 3.05) is 0 Å². The Balaban J connectivity index is 1.83. The van der Waals surface area contributed by atoms with E-state index in [0.717, 1.165) is 18.5 Å². The van der Waals surface area contributed by atoms with Gasteiger partial charge in [-0.25, -0.2) is 0 Å². The first-order valence-electron chi connectivity index (χ1n) is 10.2. The summed E-state index contributed by atoms with van der Waals surface area (Å²) in [5, 5.41) is 0. The minimum atomic E-state index is 0.982. The molecule has 0 saturated heterocycles. The molecule has 0 nitrogen and oxygen atoms in total. The molecule has 0 aromatic heterocycles. The molecule has 4 rings (SSSR count). The number of benzene rings is 4. The van der Waals surface area contributed by atoms with Crippen molar-refractivity contribution in [2.45, 2.75) is 18.5 Å². The van der Waals surface area contributed by atoms with Gasteiger partial charge >= 0.3 is 0 Å². The van der Waals surface area contributed by atoms with Crippen molar-refractivity contribution in [2.24, 2.45) is 0 Å². The smallest absolute Gasteiger partial charge is 0.0128 e. The molecule has 0 saturated carbocycles. The van der Waals surface area contributed by atoms with Crippen LogP contribution in [0.2, 0.25) is 0 Å². The zero-order chi connectivity index (χ0) is 20.9. The average Bonchev–Trinajstić information content (AvgIpc) is 2.84. The summed E-state index contributed by atoms with van der Waals surface area (Å²) in [5.74, 6) is 0. The summed E-state index contributed by atoms with van der Waals surface area (Å²) >= 11 is 0. The van der Waals surface area contributed by atoms with Gasteiger partial charge in [0.1, 0.15) is 0 Å². The highest BCUT2D eigenvalue weighted by Gasteiger charge is 2.08. The maximum Gasteiger partial charge on any atom is -0.0128 e. The molecule has 3 heteroatoms. The molecule has 3 atom stereocenters. The molecule has 0 fully saturated rings. The van der Waals surface area contributed by atoms with Crippen molar-refractivity contribution in [3.05, 3.63) is 108 Å². The Bertz CT molecular complexity index is 954. The van der Waals surface area contributed by atoms with Gasteiger partial charge in [-0.3, -0.25) is 0 Å². The molecule has 0 amide bonds. The number of hydrogen-bond acceptors (Lipinski definition) is 0.